The van der Waals surface area contributed by atoms with Crippen LogP contribution in [0.15, 0.2) is 65.6 Å². The Bertz CT molecular complexity index is 627. The third-order valence-corrected chi connectivity index (χ3v) is 4.46. The van der Waals surface area contributed by atoms with Crippen LogP contribution in [-0.4, -0.2) is 26.2 Å². The van der Waals surface area contributed by atoms with Crippen molar-refractivity contribution in [2.24, 2.45) is 0 Å². The quantitative estimate of drug-likeness (QED) is 0.849. The summed E-state index contributed by atoms with van der Waals surface area (Å²) in [7, 11) is -3.60. The summed E-state index contributed by atoms with van der Waals surface area (Å²) in [6, 6.07) is 17.1. The first-order valence-electron chi connectivity index (χ1n) is 6.34. The zero-order valence-electron chi connectivity index (χ0n) is 10.9. The molecule has 0 spiro atoms. The number of aliphatic hydroxyl groups excluding tert-OH is 1. The van der Waals surface area contributed by atoms with Gasteiger partial charge in [0.15, 0.2) is 0 Å². The molecule has 4 nitrogen and oxygen atoms in total. The summed E-state index contributed by atoms with van der Waals surface area (Å²) in [6.45, 7) is -0.249. The summed E-state index contributed by atoms with van der Waals surface area (Å²) in [5.74, 6) is 0. The Morgan fingerprint density at radius 2 is 1.50 bits per heavy atom. The third kappa shape index (κ3) is 3.90. The molecular weight excluding hydrogens is 274 g/mol. The van der Waals surface area contributed by atoms with E-state index in [1.165, 1.54) is 12.1 Å². The second-order valence-electron chi connectivity index (χ2n) is 4.50. The lowest BCUT2D eigenvalue weighted by Crippen LogP contribution is -2.39. The average Bonchev–Trinajstić information content (AvgIpc) is 2.48. The Balaban J connectivity index is 2.10. The van der Waals surface area contributed by atoms with Gasteiger partial charge in [-0.25, -0.2) is 13.1 Å². The molecule has 0 fully saturated rings. The van der Waals surface area contributed by atoms with Gasteiger partial charge in [0.2, 0.25) is 10.0 Å². The number of hydrogen-bond acceptors (Lipinski definition) is 3. The van der Waals surface area contributed by atoms with Gasteiger partial charge in [-0.05, 0) is 24.1 Å². The second kappa shape index (κ2) is 6.65. The summed E-state index contributed by atoms with van der Waals surface area (Å²) in [4.78, 5) is 0.200. The van der Waals surface area contributed by atoms with E-state index in [1.807, 2.05) is 30.3 Å². The maximum Gasteiger partial charge on any atom is 0.240 e. The lowest BCUT2D eigenvalue weighted by atomic mass is 10.1. The molecule has 2 rings (SSSR count). The molecule has 2 N–H and O–H groups in total. The van der Waals surface area contributed by atoms with Crippen molar-refractivity contribution in [1.82, 2.24) is 4.72 Å². The highest BCUT2D eigenvalue weighted by atomic mass is 32.2. The SMILES string of the molecule is O=S(=O)(N[C@H](CO)Cc1ccccc1)c1ccccc1. The smallest absolute Gasteiger partial charge is 0.240 e. The van der Waals surface area contributed by atoms with Crippen molar-refractivity contribution in [3.05, 3.63) is 66.2 Å². The number of benzene rings is 2. The molecule has 0 saturated carbocycles. The molecule has 106 valence electrons. The Kier molecular flexibility index (Phi) is 4.89. The number of aliphatic hydroxyl groups is 1. The number of sulfonamides is 1. The monoisotopic (exact) mass is 291 g/mol. The van der Waals surface area contributed by atoms with Gasteiger partial charge in [-0.1, -0.05) is 48.5 Å². The van der Waals surface area contributed by atoms with Crippen molar-refractivity contribution in [2.45, 2.75) is 17.4 Å². The van der Waals surface area contributed by atoms with E-state index >= 15 is 0 Å². The summed E-state index contributed by atoms with van der Waals surface area (Å²) in [5.41, 5.74) is 0.974. The predicted molar refractivity (Wildman–Crippen MR) is 77.8 cm³/mol. The van der Waals surface area contributed by atoms with E-state index in [0.29, 0.717) is 6.42 Å². The highest BCUT2D eigenvalue weighted by Gasteiger charge is 2.19. The van der Waals surface area contributed by atoms with Crippen LogP contribution in [0.1, 0.15) is 5.56 Å². The second-order valence-corrected chi connectivity index (χ2v) is 6.22. The van der Waals surface area contributed by atoms with Gasteiger partial charge in [0, 0.05) is 6.04 Å². The van der Waals surface area contributed by atoms with Crippen molar-refractivity contribution < 1.29 is 13.5 Å². The molecule has 0 heterocycles. The lowest BCUT2D eigenvalue weighted by Gasteiger charge is -2.16. The molecule has 1 atom stereocenters. The Labute approximate surface area is 119 Å². The standard InChI is InChI=1S/C15H17NO3S/c17-12-14(11-13-7-3-1-4-8-13)16-20(18,19)15-9-5-2-6-10-15/h1-10,14,16-17H,11-12H2/t14-/m0/s1. The van der Waals surface area contributed by atoms with Crippen molar-refractivity contribution in [3.8, 4) is 0 Å². The fourth-order valence-corrected chi connectivity index (χ4v) is 3.18. The summed E-state index contributed by atoms with van der Waals surface area (Å²) in [6.07, 6.45) is 0.448. The van der Waals surface area contributed by atoms with Crippen molar-refractivity contribution in [3.63, 3.8) is 0 Å². The highest BCUT2D eigenvalue weighted by molar-refractivity contribution is 7.89. The number of rotatable bonds is 6. The van der Waals surface area contributed by atoms with Crippen molar-refractivity contribution in [2.75, 3.05) is 6.61 Å². The molecule has 2 aromatic rings. The first-order chi connectivity index (χ1) is 9.62. The van der Waals surface area contributed by atoms with Crippen molar-refractivity contribution >= 4 is 10.0 Å². The van der Waals surface area contributed by atoms with E-state index in [2.05, 4.69) is 4.72 Å². The molecular formula is C15H17NO3S. The van der Waals surface area contributed by atoms with E-state index in [1.54, 1.807) is 18.2 Å². The first kappa shape index (κ1) is 14.7. The minimum atomic E-state index is -3.60. The maximum absolute atomic E-state index is 12.2. The van der Waals surface area contributed by atoms with Crippen LogP contribution in [0.25, 0.3) is 0 Å². The van der Waals surface area contributed by atoms with Gasteiger partial charge in [-0.3, -0.25) is 0 Å². The van der Waals surface area contributed by atoms with Gasteiger partial charge >= 0.3 is 0 Å². The van der Waals surface area contributed by atoms with Gasteiger partial charge in [0.25, 0.3) is 0 Å². The topological polar surface area (TPSA) is 66.4 Å². The molecule has 20 heavy (non-hydrogen) atoms. The molecule has 5 heteroatoms. The Morgan fingerprint density at radius 1 is 0.950 bits per heavy atom. The molecule has 0 amide bonds. The van der Waals surface area contributed by atoms with E-state index in [0.717, 1.165) is 5.56 Å². The van der Waals surface area contributed by atoms with E-state index < -0.39 is 16.1 Å². The summed E-state index contributed by atoms with van der Waals surface area (Å²) >= 11 is 0. The molecule has 0 bridgehead atoms. The van der Waals surface area contributed by atoms with Crippen LogP contribution < -0.4 is 4.72 Å². The normalized spacial score (nSPS) is 13.1. The minimum absolute atomic E-state index is 0.200. The lowest BCUT2D eigenvalue weighted by molar-refractivity contribution is 0.256. The van der Waals surface area contributed by atoms with Gasteiger partial charge in [0.1, 0.15) is 0 Å². The zero-order chi connectivity index (χ0) is 14.4. The van der Waals surface area contributed by atoms with Crippen LogP contribution in [0.3, 0.4) is 0 Å². The van der Waals surface area contributed by atoms with Crippen LogP contribution >= 0.6 is 0 Å². The van der Waals surface area contributed by atoms with Gasteiger partial charge in [-0.15, -0.1) is 0 Å². The maximum atomic E-state index is 12.2. The molecule has 0 unspecified atom stereocenters. The van der Waals surface area contributed by atoms with Crippen LogP contribution in [0.4, 0.5) is 0 Å². The van der Waals surface area contributed by atoms with Crippen molar-refractivity contribution in [1.29, 1.82) is 0 Å². The predicted octanol–water partition coefficient (Wildman–Crippen LogP) is 1.57. The molecule has 0 aliphatic rings. The highest BCUT2D eigenvalue weighted by Crippen LogP contribution is 2.10. The zero-order valence-corrected chi connectivity index (χ0v) is 11.8. The van der Waals surface area contributed by atoms with Crippen LogP contribution in [0.2, 0.25) is 0 Å². The van der Waals surface area contributed by atoms with Crippen LogP contribution in [0.5, 0.6) is 0 Å². The van der Waals surface area contributed by atoms with Crippen LogP contribution in [0, 0.1) is 0 Å². The first-order valence-corrected chi connectivity index (χ1v) is 7.82. The Morgan fingerprint density at radius 3 is 2.05 bits per heavy atom. The molecule has 0 aliphatic heterocycles. The Hall–Kier alpha value is -1.69. The van der Waals surface area contributed by atoms with Gasteiger partial charge in [-0.2, -0.15) is 0 Å². The van der Waals surface area contributed by atoms with Gasteiger partial charge in [0.05, 0.1) is 11.5 Å². The minimum Gasteiger partial charge on any atom is -0.395 e. The van der Waals surface area contributed by atoms with Crippen LogP contribution in [-0.2, 0) is 16.4 Å². The fraction of sp³-hybridized carbons (Fsp3) is 0.200. The molecule has 0 aromatic heterocycles. The molecule has 0 radical (unpaired) electrons. The largest absolute Gasteiger partial charge is 0.395 e. The van der Waals surface area contributed by atoms with E-state index in [4.69, 9.17) is 0 Å². The summed E-state index contributed by atoms with van der Waals surface area (Å²) in [5, 5.41) is 9.37. The average molecular weight is 291 g/mol. The molecule has 0 saturated heterocycles. The van der Waals surface area contributed by atoms with E-state index in [-0.39, 0.29) is 11.5 Å². The van der Waals surface area contributed by atoms with Gasteiger partial charge < -0.3 is 5.11 Å². The third-order valence-electron chi connectivity index (χ3n) is 2.92. The van der Waals surface area contributed by atoms with E-state index in [9.17, 15) is 13.5 Å². The fourth-order valence-electron chi connectivity index (χ4n) is 1.93. The molecule has 2 aromatic carbocycles. The summed E-state index contributed by atoms with van der Waals surface area (Å²) < 4.78 is 26.9. The molecule has 0 aliphatic carbocycles. The number of hydrogen-bond donors (Lipinski definition) is 2. The number of nitrogens with one attached hydrogen (secondary N) is 1.